The van der Waals surface area contributed by atoms with Gasteiger partial charge in [-0.2, -0.15) is 0 Å². The lowest BCUT2D eigenvalue weighted by atomic mass is 10.1. The number of ketones is 1. The lowest BCUT2D eigenvalue weighted by Crippen LogP contribution is -1.99. The second-order valence-electron chi connectivity index (χ2n) is 4.83. The van der Waals surface area contributed by atoms with Crippen LogP contribution in [0.25, 0.3) is 11.1 Å². The summed E-state index contributed by atoms with van der Waals surface area (Å²) in [6.07, 6.45) is 1.15. The van der Waals surface area contributed by atoms with Gasteiger partial charge in [-0.1, -0.05) is 23.9 Å². The normalized spacial score (nSPS) is 11.0. The van der Waals surface area contributed by atoms with Gasteiger partial charge < -0.3 is 4.42 Å². The predicted molar refractivity (Wildman–Crippen MR) is 84.7 cm³/mol. The molecular formula is C17H14FNO2S. The standard InChI is InChI=1S/C17H14FNO2S/c18-13-9-7-12(8-10-13)15(20)5-3-11-22-17-19-14-4-1-2-6-16(14)21-17/h1-2,4,6-10H,3,5,11H2. The molecule has 0 N–H and O–H groups in total. The number of hydrogen-bond donors (Lipinski definition) is 0. The first kappa shape index (κ1) is 14.8. The highest BCUT2D eigenvalue weighted by Gasteiger charge is 2.08. The first-order valence-corrected chi connectivity index (χ1v) is 7.98. The molecule has 0 unspecified atom stereocenters. The van der Waals surface area contributed by atoms with E-state index < -0.39 is 0 Å². The number of nitrogens with zero attached hydrogens (tertiary/aromatic N) is 1. The van der Waals surface area contributed by atoms with Crippen molar-refractivity contribution in [2.75, 3.05) is 5.75 Å². The lowest BCUT2D eigenvalue weighted by Gasteiger charge is -2.00. The Morgan fingerprint density at radius 2 is 1.91 bits per heavy atom. The van der Waals surface area contributed by atoms with Crippen LogP contribution >= 0.6 is 11.8 Å². The number of thioether (sulfide) groups is 1. The van der Waals surface area contributed by atoms with Gasteiger partial charge in [0.2, 0.25) is 0 Å². The van der Waals surface area contributed by atoms with Gasteiger partial charge in [0.1, 0.15) is 11.3 Å². The number of rotatable bonds is 6. The van der Waals surface area contributed by atoms with Crippen LogP contribution in [0.3, 0.4) is 0 Å². The molecule has 0 saturated carbocycles. The van der Waals surface area contributed by atoms with Gasteiger partial charge in [-0.25, -0.2) is 9.37 Å². The zero-order valence-corrected chi connectivity index (χ0v) is 12.6. The molecule has 0 atom stereocenters. The maximum absolute atomic E-state index is 12.8. The minimum Gasteiger partial charge on any atom is -0.431 e. The highest BCUT2D eigenvalue weighted by Crippen LogP contribution is 2.24. The predicted octanol–water partition coefficient (Wildman–Crippen LogP) is 4.72. The van der Waals surface area contributed by atoms with E-state index in [2.05, 4.69) is 4.98 Å². The van der Waals surface area contributed by atoms with Gasteiger partial charge in [0, 0.05) is 17.7 Å². The van der Waals surface area contributed by atoms with Gasteiger partial charge in [-0.15, -0.1) is 0 Å². The molecule has 2 aromatic carbocycles. The fourth-order valence-electron chi connectivity index (χ4n) is 2.09. The second kappa shape index (κ2) is 6.75. The van der Waals surface area contributed by atoms with Crippen molar-refractivity contribution in [3.63, 3.8) is 0 Å². The van der Waals surface area contributed by atoms with Crippen molar-refractivity contribution in [3.8, 4) is 0 Å². The number of carbonyl (C=O) groups excluding carboxylic acids is 1. The fraction of sp³-hybridized carbons (Fsp3) is 0.176. The van der Waals surface area contributed by atoms with E-state index >= 15 is 0 Å². The molecular weight excluding hydrogens is 301 g/mol. The summed E-state index contributed by atoms with van der Waals surface area (Å²) in [5, 5.41) is 0.621. The van der Waals surface area contributed by atoms with Gasteiger partial charge in [0.25, 0.3) is 5.22 Å². The molecule has 1 heterocycles. The smallest absolute Gasteiger partial charge is 0.256 e. The van der Waals surface area contributed by atoms with E-state index in [1.807, 2.05) is 24.3 Å². The summed E-state index contributed by atoms with van der Waals surface area (Å²) in [6.45, 7) is 0. The molecule has 0 spiro atoms. The number of Topliss-reactive ketones (excluding diaryl/α,β-unsaturated/α-hetero) is 1. The second-order valence-corrected chi connectivity index (χ2v) is 5.88. The van der Waals surface area contributed by atoms with E-state index in [1.54, 1.807) is 0 Å². The van der Waals surface area contributed by atoms with Crippen LogP contribution in [0.5, 0.6) is 0 Å². The molecule has 1 aromatic heterocycles. The third kappa shape index (κ3) is 3.54. The van der Waals surface area contributed by atoms with Crippen molar-refractivity contribution in [3.05, 3.63) is 59.9 Å². The topological polar surface area (TPSA) is 43.1 Å². The quantitative estimate of drug-likeness (QED) is 0.375. The van der Waals surface area contributed by atoms with Gasteiger partial charge in [-0.3, -0.25) is 4.79 Å². The van der Waals surface area contributed by atoms with E-state index in [0.717, 1.165) is 23.3 Å². The fourth-order valence-corrected chi connectivity index (χ4v) is 2.86. The number of benzene rings is 2. The number of oxazole rings is 1. The van der Waals surface area contributed by atoms with E-state index in [-0.39, 0.29) is 11.6 Å². The lowest BCUT2D eigenvalue weighted by molar-refractivity contribution is 0.0982. The summed E-state index contributed by atoms with van der Waals surface area (Å²) in [4.78, 5) is 16.3. The Labute approximate surface area is 131 Å². The van der Waals surface area contributed by atoms with Crippen molar-refractivity contribution in [2.24, 2.45) is 0 Å². The molecule has 0 aliphatic carbocycles. The number of para-hydroxylation sites is 2. The van der Waals surface area contributed by atoms with Crippen LogP contribution in [0, 0.1) is 5.82 Å². The van der Waals surface area contributed by atoms with Crippen LogP contribution in [-0.4, -0.2) is 16.5 Å². The van der Waals surface area contributed by atoms with E-state index in [9.17, 15) is 9.18 Å². The Bertz CT molecular complexity index is 750. The molecule has 22 heavy (non-hydrogen) atoms. The number of fused-ring (bicyclic) bond motifs is 1. The maximum Gasteiger partial charge on any atom is 0.256 e. The summed E-state index contributed by atoms with van der Waals surface area (Å²) in [7, 11) is 0. The average molecular weight is 315 g/mol. The summed E-state index contributed by atoms with van der Waals surface area (Å²) in [5.74, 6) is 0.445. The Balaban J connectivity index is 1.49. The molecule has 0 radical (unpaired) electrons. The summed E-state index contributed by atoms with van der Waals surface area (Å²) >= 11 is 1.50. The molecule has 0 aliphatic rings. The molecule has 3 rings (SSSR count). The van der Waals surface area contributed by atoms with Gasteiger partial charge in [0.05, 0.1) is 0 Å². The number of hydrogen-bond acceptors (Lipinski definition) is 4. The highest BCUT2D eigenvalue weighted by molar-refractivity contribution is 7.99. The van der Waals surface area contributed by atoms with Crippen LogP contribution in [-0.2, 0) is 0 Å². The molecule has 0 bridgehead atoms. The zero-order valence-electron chi connectivity index (χ0n) is 11.8. The Hall–Kier alpha value is -2.14. The summed E-state index contributed by atoms with van der Waals surface area (Å²) < 4.78 is 18.4. The Morgan fingerprint density at radius 3 is 2.68 bits per heavy atom. The summed E-state index contributed by atoms with van der Waals surface area (Å²) in [5.41, 5.74) is 2.16. The molecule has 0 aliphatic heterocycles. The van der Waals surface area contributed by atoms with Gasteiger partial charge >= 0.3 is 0 Å². The number of halogens is 1. The maximum atomic E-state index is 12.8. The van der Waals surface area contributed by atoms with Gasteiger partial charge in [-0.05, 0) is 42.8 Å². The minimum absolute atomic E-state index is 0.0261. The van der Waals surface area contributed by atoms with Crippen molar-refractivity contribution < 1.29 is 13.6 Å². The highest BCUT2D eigenvalue weighted by atomic mass is 32.2. The Kier molecular flexibility index (Phi) is 4.53. The largest absolute Gasteiger partial charge is 0.431 e. The average Bonchev–Trinajstić information content (AvgIpc) is 2.95. The SMILES string of the molecule is O=C(CCCSc1nc2ccccc2o1)c1ccc(F)cc1. The minimum atomic E-state index is -0.330. The molecule has 3 aromatic rings. The molecule has 0 fully saturated rings. The molecule has 0 amide bonds. The summed E-state index contributed by atoms with van der Waals surface area (Å²) in [6, 6.07) is 13.3. The van der Waals surface area contributed by atoms with Crippen LogP contribution in [0.1, 0.15) is 23.2 Å². The van der Waals surface area contributed by atoms with Crippen molar-refractivity contribution in [2.45, 2.75) is 18.1 Å². The van der Waals surface area contributed by atoms with Crippen molar-refractivity contribution in [1.29, 1.82) is 0 Å². The molecule has 112 valence electrons. The first-order chi connectivity index (χ1) is 10.7. The Morgan fingerprint density at radius 1 is 1.14 bits per heavy atom. The van der Waals surface area contributed by atoms with E-state index in [1.165, 1.54) is 36.0 Å². The zero-order chi connectivity index (χ0) is 15.4. The third-order valence-corrected chi connectivity index (χ3v) is 4.13. The van der Waals surface area contributed by atoms with E-state index in [4.69, 9.17) is 4.42 Å². The van der Waals surface area contributed by atoms with Crippen LogP contribution in [0.2, 0.25) is 0 Å². The van der Waals surface area contributed by atoms with Gasteiger partial charge in [0.15, 0.2) is 11.4 Å². The van der Waals surface area contributed by atoms with Crippen LogP contribution in [0.4, 0.5) is 4.39 Å². The molecule has 3 nitrogen and oxygen atoms in total. The molecule has 0 saturated heterocycles. The first-order valence-electron chi connectivity index (χ1n) is 6.99. The van der Waals surface area contributed by atoms with E-state index in [0.29, 0.717) is 17.2 Å². The number of aromatic nitrogens is 1. The monoisotopic (exact) mass is 315 g/mol. The van der Waals surface area contributed by atoms with Crippen molar-refractivity contribution >= 4 is 28.6 Å². The molecule has 5 heteroatoms. The van der Waals surface area contributed by atoms with Crippen LogP contribution in [0.15, 0.2) is 58.2 Å². The van der Waals surface area contributed by atoms with Crippen LogP contribution < -0.4 is 0 Å². The third-order valence-electron chi connectivity index (χ3n) is 3.21. The van der Waals surface area contributed by atoms with Crippen molar-refractivity contribution in [1.82, 2.24) is 4.98 Å². The number of carbonyl (C=O) groups is 1.